The Hall–Kier alpha value is 0.0674. The van der Waals surface area contributed by atoms with Gasteiger partial charge in [0.2, 0.25) is 6.41 Å². The van der Waals surface area contributed by atoms with Crippen LogP contribution in [0.15, 0.2) is 0 Å². The predicted octanol–water partition coefficient (Wildman–Crippen LogP) is -1.67. The van der Waals surface area contributed by atoms with Crippen LogP contribution in [0.4, 0.5) is 0 Å². The largest absolute Gasteiger partial charge is 1.00 e. The molecule has 2 nitrogen and oxygen atoms in total. The molecule has 0 bridgehead atoms. The Bertz CT molecular complexity index is 55.6. The molecule has 0 saturated carbocycles. The molecule has 0 aromatic rings. The van der Waals surface area contributed by atoms with Crippen LogP contribution >= 0.6 is 0 Å². The fraction of sp³-hybridized carbons (Fsp3) is 0.714. The third-order valence-corrected chi connectivity index (χ3v) is 0.564. The zero-order valence-electron chi connectivity index (χ0n) is 7.55. The topological polar surface area (TPSA) is 20.3 Å². The second-order valence-electron chi connectivity index (χ2n) is 1.92. The first kappa shape index (κ1) is 16.6. The number of nitrogens with zero attached hydrogens (tertiary/aromatic N) is 1. The van der Waals surface area contributed by atoms with Crippen molar-refractivity contribution in [1.29, 1.82) is 0 Å². The van der Waals surface area contributed by atoms with E-state index in [0.29, 0.717) is 0 Å². The minimum Gasteiger partial charge on any atom is -0.351 e. The van der Waals surface area contributed by atoms with Gasteiger partial charge in [-0.2, -0.15) is 6.42 Å². The van der Waals surface area contributed by atoms with Crippen molar-refractivity contribution >= 4 is 6.41 Å². The number of hydrogen-bond donors (Lipinski definition) is 0. The van der Waals surface area contributed by atoms with Gasteiger partial charge in [0.1, 0.15) is 0 Å². The summed E-state index contributed by atoms with van der Waals surface area (Å²) in [6.45, 7) is 5.72. The first-order chi connectivity index (χ1) is 4.18. The van der Waals surface area contributed by atoms with E-state index in [9.17, 15) is 4.79 Å². The molecule has 0 radical (unpaired) electrons. The molecule has 3 heteroatoms. The van der Waals surface area contributed by atoms with Crippen molar-refractivity contribution in [3.05, 3.63) is 6.92 Å². The predicted molar refractivity (Wildman–Crippen MR) is 40.0 cm³/mol. The smallest absolute Gasteiger partial charge is 0.351 e. The van der Waals surface area contributed by atoms with E-state index in [1.165, 1.54) is 11.3 Å². The van der Waals surface area contributed by atoms with E-state index in [-0.39, 0.29) is 18.9 Å². The zero-order chi connectivity index (χ0) is 7.70. The second kappa shape index (κ2) is 16.0. The molecule has 0 aliphatic heterocycles. The summed E-state index contributed by atoms with van der Waals surface area (Å²) in [6.07, 6.45) is 3.03. The van der Waals surface area contributed by atoms with Crippen LogP contribution in [-0.2, 0) is 4.79 Å². The molecule has 0 aromatic heterocycles. The molecule has 0 aliphatic carbocycles. The van der Waals surface area contributed by atoms with Gasteiger partial charge in [0.05, 0.1) is 0 Å². The van der Waals surface area contributed by atoms with E-state index in [1.807, 2.05) is 0 Å². The van der Waals surface area contributed by atoms with Gasteiger partial charge in [-0.15, -0.1) is 0 Å². The van der Waals surface area contributed by atoms with Crippen molar-refractivity contribution in [2.24, 2.45) is 0 Å². The van der Waals surface area contributed by atoms with Crippen molar-refractivity contribution < 1.29 is 23.7 Å². The third-order valence-electron chi connectivity index (χ3n) is 0.564. The monoisotopic (exact) mass is 137 g/mol. The van der Waals surface area contributed by atoms with Crippen molar-refractivity contribution in [3.8, 4) is 0 Å². The average molecular weight is 137 g/mol. The fourth-order valence-electron chi connectivity index (χ4n) is 0. The van der Waals surface area contributed by atoms with Crippen LogP contribution in [-0.4, -0.2) is 25.4 Å². The minimum atomic E-state index is 0. The molecule has 0 N–H and O–H groups in total. The molecule has 56 valence electrons. The molecule has 0 rings (SSSR count). The van der Waals surface area contributed by atoms with Crippen molar-refractivity contribution in [2.45, 2.75) is 19.8 Å². The van der Waals surface area contributed by atoms with Crippen LogP contribution in [0.3, 0.4) is 0 Å². The van der Waals surface area contributed by atoms with Crippen LogP contribution in [0.25, 0.3) is 0 Å². The maximum absolute atomic E-state index is 9.43. The first-order valence-electron chi connectivity index (χ1n) is 3.10. The summed E-state index contributed by atoms with van der Waals surface area (Å²) in [7, 11) is 3.38. The maximum Gasteiger partial charge on any atom is 1.00 e. The van der Waals surface area contributed by atoms with E-state index in [1.54, 1.807) is 14.1 Å². The first-order valence-corrected chi connectivity index (χ1v) is 3.10. The molecule has 0 heterocycles. The van der Waals surface area contributed by atoms with Crippen LogP contribution in [0, 0.1) is 6.92 Å². The minimum absolute atomic E-state index is 0. The molecule has 0 aromatic carbocycles. The fourth-order valence-corrected chi connectivity index (χ4v) is 0. The number of amides is 1. The number of carbonyl (C=O) groups excluding carboxylic acids is 1. The second-order valence-corrected chi connectivity index (χ2v) is 1.92. The van der Waals surface area contributed by atoms with Gasteiger partial charge < -0.3 is 11.8 Å². The van der Waals surface area contributed by atoms with Crippen LogP contribution in [0.1, 0.15) is 19.8 Å². The number of hydrogen-bond acceptors (Lipinski definition) is 1. The number of rotatable bonds is 2. The van der Waals surface area contributed by atoms with Gasteiger partial charge in [0, 0.05) is 14.1 Å². The van der Waals surface area contributed by atoms with Gasteiger partial charge in [-0.05, 0) is 0 Å². The molecular formula is C7H16LiNO. The van der Waals surface area contributed by atoms with Gasteiger partial charge in [-0.25, -0.2) is 0 Å². The maximum atomic E-state index is 9.43. The molecule has 0 unspecified atom stereocenters. The Morgan fingerprint density at radius 2 is 1.70 bits per heavy atom. The quantitative estimate of drug-likeness (QED) is 0.253. The van der Waals surface area contributed by atoms with Crippen LogP contribution in [0.5, 0.6) is 0 Å². The summed E-state index contributed by atoms with van der Waals surface area (Å²) in [5.41, 5.74) is 0. The molecule has 0 saturated heterocycles. The van der Waals surface area contributed by atoms with E-state index < -0.39 is 0 Å². The average Bonchev–Trinajstić information content (AvgIpc) is 1.89. The van der Waals surface area contributed by atoms with E-state index in [2.05, 4.69) is 13.8 Å². The summed E-state index contributed by atoms with van der Waals surface area (Å²) in [4.78, 5) is 10.9. The van der Waals surface area contributed by atoms with Crippen LogP contribution < -0.4 is 18.9 Å². The van der Waals surface area contributed by atoms with Crippen molar-refractivity contribution in [2.75, 3.05) is 14.1 Å². The molecular weight excluding hydrogens is 121 g/mol. The van der Waals surface area contributed by atoms with E-state index in [4.69, 9.17) is 0 Å². The molecule has 1 amide bonds. The van der Waals surface area contributed by atoms with Gasteiger partial charge in [-0.3, -0.25) is 4.79 Å². The van der Waals surface area contributed by atoms with E-state index >= 15 is 0 Å². The van der Waals surface area contributed by atoms with Gasteiger partial charge >= 0.3 is 18.9 Å². The molecule has 0 spiro atoms. The summed E-state index contributed by atoms with van der Waals surface area (Å²) in [6, 6.07) is 0. The zero-order valence-corrected chi connectivity index (χ0v) is 7.55. The van der Waals surface area contributed by atoms with E-state index in [0.717, 1.165) is 12.8 Å². The number of carbonyl (C=O) groups is 1. The van der Waals surface area contributed by atoms with Gasteiger partial charge in [-0.1, -0.05) is 13.3 Å². The Morgan fingerprint density at radius 3 is 1.70 bits per heavy atom. The molecule has 0 fully saturated rings. The summed E-state index contributed by atoms with van der Waals surface area (Å²) in [5, 5.41) is 0. The van der Waals surface area contributed by atoms with Gasteiger partial charge in [0.15, 0.2) is 0 Å². The Kier molecular flexibility index (Phi) is 26.6. The summed E-state index contributed by atoms with van der Waals surface area (Å²) >= 11 is 0. The molecule has 0 atom stereocenters. The Morgan fingerprint density at radius 1 is 1.50 bits per heavy atom. The van der Waals surface area contributed by atoms with Crippen molar-refractivity contribution in [3.63, 3.8) is 0 Å². The summed E-state index contributed by atoms with van der Waals surface area (Å²) in [5.74, 6) is 0. The van der Waals surface area contributed by atoms with Crippen molar-refractivity contribution in [1.82, 2.24) is 4.90 Å². The third kappa shape index (κ3) is 42.8. The normalized spacial score (nSPS) is 6.40. The molecule has 10 heavy (non-hydrogen) atoms. The molecule has 0 aliphatic rings. The SMILES string of the molecule is CN(C)C=O.[CH2-]CCC.[Li+]. The van der Waals surface area contributed by atoms with Crippen LogP contribution in [0.2, 0.25) is 0 Å². The Labute approximate surface area is 76.2 Å². The summed E-state index contributed by atoms with van der Waals surface area (Å²) < 4.78 is 0. The van der Waals surface area contributed by atoms with Gasteiger partial charge in [0.25, 0.3) is 0 Å². The standard InChI is InChI=1S/C4H9.C3H7NO.Li/c1-3-4-2;1-4(2)3-5;/h1,3-4H2,2H3;3H,1-2H3;/q-1;;+1. The number of unbranched alkanes of at least 4 members (excludes halogenated alkanes) is 1. The Balaban J connectivity index is -0.0000000910.